The van der Waals surface area contributed by atoms with Gasteiger partial charge in [0.05, 0.1) is 5.52 Å². The highest BCUT2D eigenvalue weighted by Crippen LogP contribution is 2.26. The molecule has 4 rings (SSSR count). The molecule has 2 nitrogen and oxygen atoms in total. The SMILES string of the molecule is c1ccc(-n2cc(CN3CCCCC3)c3ccccc32)cc1. The van der Waals surface area contributed by atoms with Gasteiger partial charge < -0.3 is 4.57 Å². The fourth-order valence-electron chi connectivity index (χ4n) is 3.54. The molecular formula is C20H22N2. The van der Waals surface area contributed by atoms with Crippen molar-refractivity contribution in [1.82, 2.24) is 9.47 Å². The molecule has 1 saturated heterocycles. The van der Waals surface area contributed by atoms with Crippen molar-refractivity contribution < 1.29 is 0 Å². The van der Waals surface area contributed by atoms with Gasteiger partial charge in [0.2, 0.25) is 0 Å². The zero-order valence-corrected chi connectivity index (χ0v) is 12.9. The van der Waals surface area contributed by atoms with Crippen LogP contribution >= 0.6 is 0 Å². The van der Waals surface area contributed by atoms with Crippen molar-refractivity contribution in [1.29, 1.82) is 0 Å². The second-order valence-corrected chi connectivity index (χ2v) is 6.21. The first kappa shape index (κ1) is 13.6. The third-order valence-corrected chi connectivity index (χ3v) is 4.67. The number of benzene rings is 2. The number of rotatable bonds is 3. The van der Waals surface area contributed by atoms with E-state index in [4.69, 9.17) is 0 Å². The third-order valence-electron chi connectivity index (χ3n) is 4.67. The van der Waals surface area contributed by atoms with E-state index >= 15 is 0 Å². The monoisotopic (exact) mass is 290 g/mol. The standard InChI is InChI=1S/C20H22N2/c1-3-9-18(10-4-1)22-16-17(15-21-13-7-2-8-14-21)19-11-5-6-12-20(19)22/h1,3-6,9-12,16H,2,7-8,13-15H2. The highest BCUT2D eigenvalue weighted by Gasteiger charge is 2.14. The maximum atomic E-state index is 2.60. The zero-order chi connectivity index (χ0) is 14.8. The van der Waals surface area contributed by atoms with Crippen LogP contribution in [0.3, 0.4) is 0 Å². The number of piperidine rings is 1. The molecule has 0 spiro atoms. The Kier molecular flexibility index (Phi) is 3.69. The van der Waals surface area contributed by atoms with Crippen LogP contribution in [-0.2, 0) is 6.54 Å². The zero-order valence-electron chi connectivity index (χ0n) is 12.9. The summed E-state index contributed by atoms with van der Waals surface area (Å²) in [5.74, 6) is 0. The minimum Gasteiger partial charge on any atom is -0.316 e. The molecule has 2 heterocycles. The lowest BCUT2D eigenvalue weighted by Crippen LogP contribution is -2.28. The maximum absolute atomic E-state index is 2.60. The maximum Gasteiger partial charge on any atom is 0.0531 e. The Hall–Kier alpha value is -2.06. The number of para-hydroxylation sites is 2. The van der Waals surface area contributed by atoms with E-state index < -0.39 is 0 Å². The molecule has 1 fully saturated rings. The van der Waals surface area contributed by atoms with Crippen molar-refractivity contribution in [2.24, 2.45) is 0 Å². The van der Waals surface area contributed by atoms with Gasteiger partial charge in [-0.2, -0.15) is 0 Å². The van der Waals surface area contributed by atoms with Crippen molar-refractivity contribution >= 4 is 10.9 Å². The normalized spacial score (nSPS) is 16.2. The van der Waals surface area contributed by atoms with Gasteiger partial charge in [0.1, 0.15) is 0 Å². The molecule has 1 aromatic heterocycles. The Morgan fingerprint density at radius 1 is 0.773 bits per heavy atom. The Morgan fingerprint density at radius 3 is 2.32 bits per heavy atom. The topological polar surface area (TPSA) is 8.17 Å². The van der Waals surface area contributed by atoms with E-state index in [1.807, 2.05) is 0 Å². The number of nitrogens with zero attached hydrogens (tertiary/aromatic N) is 2. The molecule has 22 heavy (non-hydrogen) atoms. The lowest BCUT2D eigenvalue weighted by atomic mass is 10.1. The summed E-state index contributed by atoms with van der Waals surface area (Å²) in [6.07, 6.45) is 6.41. The summed E-state index contributed by atoms with van der Waals surface area (Å²) in [7, 11) is 0. The van der Waals surface area contributed by atoms with Gasteiger partial charge >= 0.3 is 0 Å². The Balaban J connectivity index is 1.75. The van der Waals surface area contributed by atoms with Crippen molar-refractivity contribution in [2.75, 3.05) is 13.1 Å². The van der Waals surface area contributed by atoms with Crippen molar-refractivity contribution in [2.45, 2.75) is 25.8 Å². The fraction of sp³-hybridized carbons (Fsp3) is 0.300. The first-order valence-corrected chi connectivity index (χ1v) is 8.28. The van der Waals surface area contributed by atoms with Gasteiger partial charge in [-0.3, -0.25) is 4.90 Å². The number of hydrogen-bond acceptors (Lipinski definition) is 1. The summed E-state index contributed by atoms with van der Waals surface area (Å²) in [5.41, 5.74) is 3.99. The van der Waals surface area contributed by atoms with E-state index in [2.05, 4.69) is 70.3 Å². The summed E-state index contributed by atoms with van der Waals surface area (Å²) < 4.78 is 2.33. The molecule has 1 aliphatic rings. The summed E-state index contributed by atoms with van der Waals surface area (Å²) in [4.78, 5) is 2.60. The molecular weight excluding hydrogens is 268 g/mol. The van der Waals surface area contributed by atoms with E-state index in [0.717, 1.165) is 6.54 Å². The van der Waals surface area contributed by atoms with Gasteiger partial charge in [-0.1, -0.05) is 42.8 Å². The lowest BCUT2D eigenvalue weighted by molar-refractivity contribution is 0.221. The number of likely N-dealkylation sites (tertiary alicyclic amines) is 1. The molecule has 2 aromatic carbocycles. The highest BCUT2D eigenvalue weighted by molar-refractivity contribution is 5.85. The first-order chi connectivity index (χ1) is 10.9. The predicted molar refractivity (Wildman–Crippen MR) is 92.4 cm³/mol. The quantitative estimate of drug-likeness (QED) is 0.683. The Labute approximate surface area is 132 Å². The molecule has 2 heteroatoms. The number of fused-ring (bicyclic) bond motifs is 1. The van der Waals surface area contributed by atoms with Gasteiger partial charge in [0, 0.05) is 23.8 Å². The van der Waals surface area contributed by atoms with Crippen LogP contribution in [0.2, 0.25) is 0 Å². The number of aromatic nitrogens is 1. The van der Waals surface area contributed by atoms with Crippen LogP contribution in [0.15, 0.2) is 60.8 Å². The molecule has 1 aliphatic heterocycles. The molecule has 0 N–H and O–H groups in total. The minimum absolute atomic E-state index is 1.07. The summed E-state index contributed by atoms with van der Waals surface area (Å²) >= 11 is 0. The predicted octanol–water partition coefficient (Wildman–Crippen LogP) is 4.62. The molecule has 0 unspecified atom stereocenters. The van der Waals surface area contributed by atoms with E-state index in [1.165, 1.54) is 54.5 Å². The van der Waals surface area contributed by atoms with Crippen molar-refractivity contribution in [3.63, 3.8) is 0 Å². The summed E-state index contributed by atoms with van der Waals surface area (Å²) in [6, 6.07) is 19.4. The van der Waals surface area contributed by atoms with Crippen LogP contribution in [-0.4, -0.2) is 22.6 Å². The molecule has 0 atom stereocenters. The van der Waals surface area contributed by atoms with Gasteiger partial charge in [0.15, 0.2) is 0 Å². The first-order valence-electron chi connectivity index (χ1n) is 8.28. The largest absolute Gasteiger partial charge is 0.316 e. The highest BCUT2D eigenvalue weighted by atomic mass is 15.1. The van der Waals surface area contributed by atoms with Gasteiger partial charge in [-0.05, 0) is 49.7 Å². The molecule has 3 aromatic rings. The lowest BCUT2D eigenvalue weighted by Gasteiger charge is -2.26. The molecule has 112 valence electrons. The summed E-state index contributed by atoms with van der Waals surface area (Å²) in [6.45, 7) is 3.55. The van der Waals surface area contributed by atoms with Crippen LogP contribution in [0.1, 0.15) is 24.8 Å². The van der Waals surface area contributed by atoms with Gasteiger partial charge in [0.25, 0.3) is 0 Å². The van der Waals surface area contributed by atoms with Crippen LogP contribution in [0, 0.1) is 0 Å². The average Bonchev–Trinajstić information content (AvgIpc) is 2.96. The van der Waals surface area contributed by atoms with Crippen LogP contribution < -0.4 is 0 Å². The van der Waals surface area contributed by atoms with Gasteiger partial charge in [-0.25, -0.2) is 0 Å². The van der Waals surface area contributed by atoms with E-state index in [0.29, 0.717) is 0 Å². The van der Waals surface area contributed by atoms with Crippen LogP contribution in [0.25, 0.3) is 16.6 Å². The van der Waals surface area contributed by atoms with E-state index in [9.17, 15) is 0 Å². The molecule has 0 aliphatic carbocycles. The second-order valence-electron chi connectivity index (χ2n) is 6.21. The molecule has 0 radical (unpaired) electrons. The average molecular weight is 290 g/mol. The Morgan fingerprint density at radius 2 is 1.50 bits per heavy atom. The summed E-state index contributed by atoms with van der Waals surface area (Å²) in [5, 5.41) is 1.39. The fourth-order valence-corrected chi connectivity index (χ4v) is 3.54. The second kappa shape index (κ2) is 5.98. The molecule has 0 bridgehead atoms. The van der Waals surface area contributed by atoms with Crippen molar-refractivity contribution in [3.8, 4) is 5.69 Å². The minimum atomic E-state index is 1.07. The van der Waals surface area contributed by atoms with Crippen molar-refractivity contribution in [3.05, 3.63) is 66.4 Å². The smallest absolute Gasteiger partial charge is 0.0531 e. The number of hydrogen-bond donors (Lipinski definition) is 0. The van der Waals surface area contributed by atoms with Crippen LogP contribution in [0.4, 0.5) is 0 Å². The third kappa shape index (κ3) is 2.55. The van der Waals surface area contributed by atoms with E-state index in [-0.39, 0.29) is 0 Å². The van der Waals surface area contributed by atoms with E-state index in [1.54, 1.807) is 0 Å². The molecule has 0 saturated carbocycles. The molecule has 0 amide bonds. The Bertz CT molecular complexity index is 752. The van der Waals surface area contributed by atoms with Crippen LogP contribution in [0.5, 0.6) is 0 Å². The van der Waals surface area contributed by atoms with Gasteiger partial charge in [-0.15, -0.1) is 0 Å².